The van der Waals surface area contributed by atoms with Gasteiger partial charge in [0.15, 0.2) is 5.82 Å². The molecule has 3 heterocycles. The van der Waals surface area contributed by atoms with Gasteiger partial charge >= 0.3 is 12.0 Å². The number of nitrogens with zero attached hydrogens (tertiary/aromatic N) is 5. The number of fused-ring (bicyclic) bond motifs is 1. The summed E-state index contributed by atoms with van der Waals surface area (Å²) in [5, 5.41) is 6.19. The third-order valence-corrected chi connectivity index (χ3v) is 8.66. The van der Waals surface area contributed by atoms with Crippen molar-refractivity contribution in [3.8, 4) is 5.75 Å². The number of likely N-dealkylation sites (tertiary alicyclic amines) is 1. The molecular weight excluding hydrogens is 612 g/mol. The third kappa shape index (κ3) is 8.02. The van der Waals surface area contributed by atoms with E-state index in [1.165, 1.54) is 13.2 Å². The topological polar surface area (TPSA) is 129 Å². The van der Waals surface area contributed by atoms with Crippen LogP contribution in [0.5, 0.6) is 5.75 Å². The van der Waals surface area contributed by atoms with Gasteiger partial charge in [-0.1, -0.05) is 19.3 Å². The maximum atomic E-state index is 15.1. The van der Waals surface area contributed by atoms with Crippen molar-refractivity contribution >= 4 is 41.0 Å². The molecule has 12 nitrogen and oxygen atoms in total. The summed E-state index contributed by atoms with van der Waals surface area (Å²) in [7, 11) is 1.32. The van der Waals surface area contributed by atoms with Crippen LogP contribution in [0.2, 0.25) is 0 Å². The van der Waals surface area contributed by atoms with Gasteiger partial charge in [0.2, 0.25) is 5.95 Å². The number of nitrogens with one attached hydrogen (secondary N) is 2. The second kappa shape index (κ2) is 13.9. The van der Waals surface area contributed by atoms with Crippen LogP contribution in [-0.2, 0) is 9.53 Å². The standard InChI is InChI=1S/C33H45F2N7O5/c1-6-46-26-18-21(28(43)37-22-14-16-41(17-15-22)31(45)47-32(2,3)4)12-13-24(26)38-30-36-19-25-27(39-30)42(23-10-8-7-9-11-23)20-33(34,35)29(44)40(25)5/h12-13,18-19,22-23H,6-11,14-17,20H2,1-5H3,(H,37,43)(H,36,38,39). The van der Waals surface area contributed by atoms with Gasteiger partial charge in [-0.25, -0.2) is 9.78 Å². The summed E-state index contributed by atoms with van der Waals surface area (Å²) in [6.45, 7) is 7.83. The Kier molecular flexibility index (Phi) is 10.1. The fourth-order valence-corrected chi connectivity index (χ4v) is 6.24. The minimum Gasteiger partial charge on any atom is -0.492 e. The van der Waals surface area contributed by atoms with Crippen LogP contribution in [0.3, 0.4) is 0 Å². The first kappa shape index (κ1) is 34.1. The first-order valence-corrected chi connectivity index (χ1v) is 16.4. The normalized spacial score (nSPS) is 19.1. The smallest absolute Gasteiger partial charge is 0.410 e. The number of anilines is 4. The molecule has 47 heavy (non-hydrogen) atoms. The van der Waals surface area contributed by atoms with E-state index in [0.717, 1.165) is 37.0 Å². The van der Waals surface area contributed by atoms with E-state index in [1.807, 2.05) is 27.7 Å². The highest BCUT2D eigenvalue weighted by Crippen LogP contribution is 2.39. The van der Waals surface area contributed by atoms with Crippen LogP contribution in [-0.4, -0.2) is 89.7 Å². The summed E-state index contributed by atoms with van der Waals surface area (Å²) in [4.78, 5) is 51.4. The first-order chi connectivity index (χ1) is 22.3. The number of amides is 3. The summed E-state index contributed by atoms with van der Waals surface area (Å²) in [6.07, 6.45) is 6.59. The highest BCUT2D eigenvalue weighted by molar-refractivity contribution is 6.02. The molecule has 2 aliphatic heterocycles. The molecule has 1 aromatic carbocycles. The lowest BCUT2D eigenvalue weighted by molar-refractivity contribution is -0.140. The molecule has 0 spiro atoms. The molecule has 2 N–H and O–H groups in total. The van der Waals surface area contributed by atoms with E-state index in [9.17, 15) is 14.4 Å². The Morgan fingerprint density at radius 3 is 2.45 bits per heavy atom. The van der Waals surface area contributed by atoms with Gasteiger partial charge in [0, 0.05) is 37.8 Å². The number of carbonyl (C=O) groups excluding carboxylic acids is 3. The molecule has 1 aromatic heterocycles. The van der Waals surface area contributed by atoms with Crippen LogP contribution >= 0.6 is 0 Å². The van der Waals surface area contributed by atoms with Gasteiger partial charge in [-0.15, -0.1) is 0 Å². The molecule has 256 valence electrons. The average molecular weight is 658 g/mol. The fraction of sp³-hybridized carbons (Fsp3) is 0.606. The van der Waals surface area contributed by atoms with Gasteiger partial charge in [-0.05, 0) is 71.6 Å². The molecule has 14 heteroatoms. The summed E-state index contributed by atoms with van der Waals surface area (Å²) >= 11 is 0. The van der Waals surface area contributed by atoms with Gasteiger partial charge in [0.05, 0.1) is 25.0 Å². The van der Waals surface area contributed by atoms with Crippen molar-refractivity contribution in [2.75, 3.05) is 48.4 Å². The third-order valence-electron chi connectivity index (χ3n) is 8.66. The lowest BCUT2D eigenvalue weighted by atomic mass is 9.94. The van der Waals surface area contributed by atoms with Gasteiger partial charge in [-0.3, -0.25) is 9.59 Å². The minimum absolute atomic E-state index is 0.105. The van der Waals surface area contributed by atoms with Gasteiger partial charge in [0.25, 0.3) is 11.8 Å². The van der Waals surface area contributed by atoms with Crippen molar-refractivity contribution in [1.82, 2.24) is 20.2 Å². The zero-order valence-electron chi connectivity index (χ0n) is 27.8. The van der Waals surface area contributed by atoms with E-state index < -0.39 is 24.0 Å². The number of hydrogen-bond donors (Lipinski definition) is 2. The summed E-state index contributed by atoms with van der Waals surface area (Å²) in [5.74, 6) is -4.33. The van der Waals surface area contributed by atoms with Crippen molar-refractivity contribution in [1.29, 1.82) is 0 Å². The van der Waals surface area contributed by atoms with Crippen LogP contribution in [0.15, 0.2) is 24.4 Å². The largest absolute Gasteiger partial charge is 0.492 e. The Morgan fingerprint density at radius 1 is 1.09 bits per heavy atom. The number of hydrogen-bond acceptors (Lipinski definition) is 9. The molecule has 3 aliphatic rings. The van der Waals surface area contributed by atoms with Crippen molar-refractivity contribution in [2.45, 2.75) is 96.2 Å². The monoisotopic (exact) mass is 657 g/mol. The second-order valence-corrected chi connectivity index (χ2v) is 13.4. The number of aromatic nitrogens is 2. The highest BCUT2D eigenvalue weighted by Gasteiger charge is 2.48. The van der Waals surface area contributed by atoms with Crippen molar-refractivity contribution in [2.24, 2.45) is 0 Å². The number of piperidine rings is 1. The van der Waals surface area contributed by atoms with Gasteiger partial charge in [-0.2, -0.15) is 13.8 Å². The zero-order chi connectivity index (χ0) is 33.9. The molecule has 0 unspecified atom stereocenters. The van der Waals surface area contributed by atoms with E-state index in [2.05, 4.69) is 20.6 Å². The van der Waals surface area contributed by atoms with Gasteiger partial charge < -0.3 is 34.8 Å². The molecule has 0 atom stereocenters. The Morgan fingerprint density at radius 2 is 1.79 bits per heavy atom. The molecule has 0 bridgehead atoms. The van der Waals surface area contributed by atoms with Crippen LogP contribution < -0.4 is 25.2 Å². The molecule has 5 rings (SSSR count). The number of ether oxygens (including phenoxy) is 2. The molecule has 1 saturated heterocycles. The van der Waals surface area contributed by atoms with Crippen LogP contribution in [0.1, 0.15) is 83.0 Å². The Labute approximate surface area is 274 Å². The van der Waals surface area contributed by atoms with Crippen molar-refractivity contribution in [3.63, 3.8) is 0 Å². The van der Waals surface area contributed by atoms with Crippen molar-refractivity contribution < 1.29 is 32.6 Å². The van der Waals surface area contributed by atoms with Crippen LogP contribution in [0.4, 0.5) is 36.7 Å². The Bertz CT molecular complexity index is 1470. The van der Waals surface area contributed by atoms with Crippen LogP contribution in [0.25, 0.3) is 0 Å². The molecule has 0 radical (unpaired) electrons. The maximum Gasteiger partial charge on any atom is 0.410 e. The molecular formula is C33H45F2N7O5. The minimum atomic E-state index is -3.58. The zero-order valence-corrected chi connectivity index (χ0v) is 27.8. The Hall–Kier alpha value is -4.23. The van der Waals surface area contributed by atoms with E-state index in [0.29, 0.717) is 49.5 Å². The highest BCUT2D eigenvalue weighted by atomic mass is 19.3. The maximum absolute atomic E-state index is 15.1. The number of benzene rings is 1. The number of halogens is 2. The van der Waals surface area contributed by atoms with E-state index in [1.54, 1.807) is 28.0 Å². The molecule has 1 aliphatic carbocycles. The molecule has 2 fully saturated rings. The van der Waals surface area contributed by atoms with Crippen molar-refractivity contribution in [3.05, 3.63) is 30.0 Å². The predicted molar refractivity (Wildman–Crippen MR) is 174 cm³/mol. The SMILES string of the molecule is CCOc1cc(C(=O)NC2CCN(C(=O)OC(C)(C)C)CC2)ccc1Nc1ncc2c(n1)N(C1CCCCC1)CC(F)(F)C(=O)N2C. The lowest BCUT2D eigenvalue weighted by Gasteiger charge is -2.35. The number of rotatable bonds is 7. The summed E-state index contributed by atoms with van der Waals surface area (Å²) in [6, 6.07) is 4.69. The predicted octanol–water partition coefficient (Wildman–Crippen LogP) is 5.50. The Balaban J connectivity index is 1.31. The molecule has 3 amide bonds. The van der Waals surface area contributed by atoms with E-state index in [4.69, 9.17) is 9.47 Å². The van der Waals surface area contributed by atoms with E-state index in [-0.39, 0.29) is 41.5 Å². The van der Waals surface area contributed by atoms with Gasteiger partial charge in [0.1, 0.15) is 17.0 Å². The summed E-state index contributed by atoms with van der Waals surface area (Å²) < 4.78 is 41.4. The van der Waals surface area contributed by atoms with Crippen LogP contribution in [0, 0.1) is 0 Å². The fourth-order valence-electron chi connectivity index (χ4n) is 6.24. The number of alkyl halides is 2. The molecule has 1 saturated carbocycles. The summed E-state index contributed by atoms with van der Waals surface area (Å²) in [5.41, 5.74) is 0.526. The first-order valence-electron chi connectivity index (χ1n) is 16.4. The van der Waals surface area contributed by atoms with E-state index >= 15 is 8.78 Å². The quantitative estimate of drug-likeness (QED) is 0.397. The lowest BCUT2D eigenvalue weighted by Crippen LogP contribution is -2.49. The number of carbonyl (C=O) groups is 3. The average Bonchev–Trinajstić information content (AvgIpc) is 3.10. The second-order valence-electron chi connectivity index (χ2n) is 13.4. The molecule has 2 aromatic rings.